The summed E-state index contributed by atoms with van der Waals surface area (Å²) >= 11 is 6.93. The van der Waals surface area contributed by atoms with Gasteiger partial charge >= 0.3 is 0 Å². The van der Waals surface area contributed by atoms with Crippen LogP contribution in [-0.4, -0.2) is 21.2 Å². The average Bonchev–Trinajstić information content (AvgIpc) is 2.77. The highest BCUT2D eigenvalue weighted by atomic mass is 35.5. The highest BCUT2D eigenvalue weighted by molar-refractivity contribution is 7.99. The van der Waals surface area contributed by atoms with E-state index in [0.29, 0.717) is 21.7 Å². The van der Waals surface area contributed by atoms with Crippen LogP contribution >= 0.6 is 23.4 Å². The van der Waals surface area contributed by atoms with Crippen molar-refractivity contribution >= 4 is 45.9 Å². The zero-order valence-electron chi connectivity index (χ0n) is 17.4. The van der Waals surface area contributed by atoms with Crippen LogP contribution < -0.4 is 10.9 Å². The van der Waals surface area contributed by atoms with E-state index in [2.05, 4.69) is 10.3 Å². The summed E-state index contributed by atoms with van der Waals surface area (Å²) in [6.45, 7) is 3.93. The number of fused-ring (bicyclic) bond motifs is 1. The molecule has 8 heteroatoms. The van der Waals surface area contributed by atoms with Crippen molar-refractivity contribution in [2.45, 2.75) is 19.0 Å². The van der Waals surface area contributed by atoms with Crippen LogP contribution in [0, 0.1) is 19.7 Å². The van der Waals surface area contributed by atoms with Gasteiger partial charge in [0.2, 0.25) is 5.91 Å². The van der Waals surface area contributed by atoms with Gasteiger partial charge in [-0.25, -0.2) is 9.37 Å². The quantitative estimate of drug-likeness (QED) is 0.310. The summed E-state index contributed by atoms with van der Waals surface area (Å²) in [7, 11) is 0. The number of hydrogen-bond acceptors (Lipinski definition) is 4. The molecule has 0 atom stereocenters. The Hall–Kier alpha value is -3.16. The third-order valence-electron chi connectivity index (χ3n) is 5.10. The Morgan fingerprint density at radius 1 is 1.12 bits per heavy atom. The summed E-state index contributed by atoms with van der Waals surface area (Å²) < 4.78 is 14.9. The number of nitrogens with one attached hydrogen (secondary N) is 1. The number of nitrogens with zero attached hydrogens (tertiary/aromatic N) is 2. The van der Waals surface area contributed by atoms with E-state index in [4.69, 9.17) is 11.6 Å². The number of para-hydroxylation sites is 1. The Labute approximate surface area is 193 Å². The summed E-state index contributed by atoms with van der Waals surface area (Å²) in [5, 5.41) is 3.53. The minimum Gasteiger partial charge on any atom is -0.325 e. The lowest BCUT2D eigenvalue weighted by atomic mass is 10.1. The lowest BCUT2D eigenvalue weighted by Gasteiger charge is -2.16. The van der Waals surface area contributed by atoms with Gasteiger partial charge in [0.25, 0.3) is 5.56 Å². The Morgan fingerprint density at radius 2 is 1.91 bits per heavy atom. The fraction of sp³-hybridized carbons (Fsp3) is 0.125. The molecule has 4 rings (SSSR count). The first-order valence-corrected chi connectivity index (χ1v) is 11.2. The van der Waals surface area contributed by atoms with Gasteiger partial charge in [0.05, 0.1) is 27.4 Å². The number of halogens is 2. The second-order valence-electron chi connectivity index (χ2n) is 7.24. The van der Waals surface area contributed by atoms with Gasteiger partial charge in [0.1, 0.15) is 5.82 Å². The van der Waals surface area contributed by atoms with Crippen LogP contribution in [0.15, 0.2) is 70.6 Å². The molecule has 3 aromatic carbocycles. The van der Waals surface area contributed by atoms with Crippen molar-refractivity contribution in [1.29, 1.82) is 0 Å². The number of benzene rings is 3. The maximum absolute atomic E-state index is 13.4. The monoisotopic (exact) mass is 467 g/mol. The normalized spacial score (nSPS) is 11.0. The zero-order chi connectivity index (χ0) is 22.8. The van der Waals surface area contributed by atoms with Gasteiger partial charge < -0.3 is 5.32 Å². The molecule has 32 heavy (non-hydrogen) atoms. The zero-order valence-corrected chi connectivity index (χ0v) is 18.9. The first kappa shape index (κ1) is 22.0. The van der Waals surface area contributed by atoms with Crippen molar-refractivity contribution in [2.75, 3.05) is 11.1 Å². The largest absolute Gasteiger partial charge is 0.325 e. The average molecular weight is 468 g/mol. The van der Waals surface area contributed by atoms with Gasteiger partial charge in [-0.2, -0.15) is 0 Å². The summed E-state index contributed by atoms with van der Waals surface area (Å²) in [5.74, 6) is -0.880. The van der Waals surface area contributed by atoms with Crippen LogP contribution in [0.1, 0.15) is 11.1 Å². The topological polar surface area (TPSA) is 64.0 Å². The molecule has 0 radical (unpaired) electrons. The smallest absolute Gasteiger partial charge is 0.266 e. The lowest BCUT2D eigenvalue weighted by Crippen LogP contribution is -2.23. The standard InChI is InChI=1S/C24H19ClFN3O2S/c1-14-6-5-9-21(15(14)2)29-23(31)17-7-3-4-8-20(17)28-24(29)32-13-22(30)27-16-10-11-19(26)18(25)12-16/h3-12H,13H2,1-2H3,(H,27,30). The number of carbonyl (C=O) groups is 1. The predicted octanol–water partition coefficient (Wildman–Crippen LogP) is 5.53. The van der Waals surface area contributed by atoms with Crippen LogP contribution in [0.5, 0.6) is 0 Å². The third-order valence-corrected chi connectivity index (χ3v) is 6.33. The van der Waals surface area contributed by atoms with Crippen molar-refractivity contribution < 1.29 is 9.18 Å². The molecule has 5 nitrogen and oxygen atoms in total. The van der Waals surface area contributed by atoms with Gasteiger partial charge in [0, 0.05) is 5.69 Å². The molecule has 0 aliphatic carbocycles. The van der Waals surface area contributed by atoms with Crippen LogP contribution in [-0.2, 0) is 4.79 Å². The molecule has 0 saturated heterocycles. The van der Waals surface area contributed by atoms with Crippen molar-refractivity contribution in [3.05, 3.63) is 93.0 Å². The molecule has 1 N–H and O–H groups in total. The molecular formula is C24H19ClFN3O2S. The summed E-state index contributed by atoms with van der Waals surface area (Å²) in [6, 6.07) is 16.8. The Balaban J connectivity index is 1.70. The number of amides is 1. The van der Waals surface area contributed by atoms with Gasteiger partial charge in [-0.15, -0.1) is 0 Å². The van der Waals surface area contributed by atoms with Crippen LogP contribution in [0.3, 0.4) is 0 Å². The van der Waals surface area contributed by atoms with Crippen molar-refractivity contribution in [3.63, 3.8) is 0 Å². The number of aromatic nitrogens is 2. The molecule has 0 unspecified atom stereocenters. The number of rotatable bonds is 5. The second-order valence-corrected chi connectivity index (χ2v) is 8.59. The minimum absolute atomic E-state index is 0.00460. The molecule has 0 aliphatic heterocycles. The first-order chi connectivity index (χ1) is 15.3. The van der Waals surface area contributed by atoms with Crippen molar-refractivity contribution in [2.24, 2.45) is 0 Å². The Bertz CT molecular complexity index is 1400. The second kappa shape index (κ2) is 9.14. The van der Waals surface area contributed by atoms with E-state index in [0.717, 1.165) is 28.6 Å². The molecular weight excluding hydrogens is 449 g/mol. The Kier molecular flexibility index (Phi) is 6.30. The summed E-state index contributed by atoms with van der Waals surface area (Å²) in [6.07, 6.45) is 0. The molecule has 1 amide bonds. The fourth-order valence-corrected chi connectivity index (χ4v) is 4.29. The number of carbonyl (C=O) groups excluding carboxylic acids is 1. The molecule has 0 aliphatic rings. The predicted molar refractivity (Wildman–Crippen MR) is 128 cm³/mol. The number of anilines is 1. The minimum atomic E-state index is -0.558. The van der Waals surface area contributed by atoms with Gasteiger partial charge in [-0.05, 0) is 61.4 Å². The van der Waals surface area contributed by atoms with E-state index in [1.165, 1.54) is 18.2 Å². The van der Waals surface area contributed by atoms with E-state index < -0.39 is 5.82 Å². The molecule has 1 aromatic heterocycles. The van der Waals surface area contributed by atoms with Gasteiger partial charge in [-0.3, -0.25) is 14.2 Å². The van der Waals surface area contributed by atoms with E-state index in [-0.39, 0.29) is 22.2 Å². The lowest BCUT2D eigenvalue weighted by molar-refractivity contribution is -0.113. The molecule has 0 spiro atoms. The van der Waals surface area contributed by atoms with Gasteiger partial charge in [-0.1, -0.05) is 47.6 Å². The van der Waals surface area contributed by atoms with Crippen molar-refractivity contribution in [3.8, 4) is 5.69 Å². The molecule has 4 aromatic rings. The molecule has 1 heterocycles. The van der Waals surface area contributed by atoms with E-state index >= 15 is 0 Å². The molecule has 0 bridgehead atoms. The van der Waals surface area contributed by atoms with E-state index in [1.807, 2.05) is 38.1 Å². The Morgan fingerprint density at radius 3 is 2.69 bits per heavy atom. The highest BCUT2D eigenvalue weighted by Gasteiger charge is 2.17. The van der Waals surface area contributed by atoms with Crippen LogP contribution in [0.2, 0.25) is 5.02 Å². The third kappa shape index (κ3) is 4.40. The van der Waals surface area contributed by atoms with Crippen LogP contribution in [0.4, 0.5) is 10.1 Å². The first-order valence-electron chi connectivity index (χ1n) is 9.81. The highest BCUT2D eigenvalue weighted by Crippen LogP contribution is 2.25. The number of hydrogen-bond donors (Lipinski definition) is 1. The maximum atomic E-state index is 13.4. The van der Waals surface area contributed by atoms with Crippen LogP contribution in [0.25, 0.3) is 16.6 Å². The molecule has 0 fully saturated rings. The molecule has 162 valence electrons. The SMILES string of the molecule is Cc1cccc(-n2c(SCC(=O)Nc3ccc(F)c(Cl)c3)nc3ccccc3c2=O)c1C. The van der Waals surface area contributed by atoms with E-state index in [9.17, 15) is 14.0 Å². The number of aryl methyl sites for hydroxylation is 1. The fourth-order valence-electron chi connectivity index (χ4n) is 3.30. The summed E-state index contributed by atoms with van der Waals surface area (Å²) in [4.78, 5) is 30.6. The van der Waals surface area contributed by atoms with Gasteiger partial charge in [0.15, 0.2) is 5.16 Å². The number of thioether (sulfide) groups is 1. The summed E-state index contributed by atoms with van der Waals surface area (Å²) in [5.41, 5.74) is 3.48. The molecule has 0 saturated carbocycles. The maximum Gasteiger partial charge on any atom is 0.266 e. The van der Waals surface area contributed by atoms with Crippen molar-refractivity contribution in [1.82, 2.24) is 9.55 Å². The van der Waals surface area contributed by atoms with E-state index in [1.54, 1.807) is 22.8 Å².